The highest BCUT2D eigenvalue weighted by atomic mass is 16.2. The molecule has 1 N–H and O–H groups in total. The summed E-state index contributed by atoms with van der Waals surface area (Å²) in [6, 6.07) is -0.254. The van der Waals surface area contributed by atoms with Crippen molar-refractivity contribution in [2.75, 3.05) is 13.1 Å². The molecule has 1 atom stereocenters. The third kappa shape index (κ3) is 3.84. The number of hydrogen-bond donors (Lipinski definition) is 1. The van der Waals surface area contributed by atoms with Gasteiger partial charge >= 0.3 is 0 Å². The van der Waals surface area contributed by atoms with Crippen LogP contribution in [0.4, 0.5) is 0 Å². The standard InChI is InChI=1S/C16H28N2O2/c1-6-18(7-2)16(20)15(11(3)4)17-12(5)13-9-8-10-14(13)19/h11,15,17H,6-10H2,1-5H3/b13-12-/t15-/m0/s1. The lowest BCUT2D eigenvalue weighted by molar-refractivity contribution is -0.134. The quantitative estimate of drug-likeness (QED) is 0.761. The molecular formula is C16H28N2O2. The monoisotopic (exact) mass is 280 g/mol. The summed E-state index contributed by atoms with van der Waals surface area (Å²) in [6.45, 7) is 11.4. The molecule has 1 fully saturated rings. The predicted octanol–water partition coefficient (Wildman–Crippen LogP) is 2.50. The molecule has 1 aliphatic rings. The summed E-state index contributed by atoms with van der Waals surface area (Å²) in [6.07, 6.45) is 2.41. The molecule has 1 aliphatic carbocycles. The smallest absolute Gasteiger partial charge is 0.245 e. The number of nitrogens with one attached hydrogen (secondary N) is 1. The summed E-state index contributed by atoms with van der Waals surface area (Å²) in [4.78, 5) is 26.2. The minimum atomic E-state index is -0.254. The van der Waals surface area contributed by atoms with Crippen molar-refractivity contribution in [1.29, 1.82) is 0 Å². The van der Waals surface area contributed by atoms with Crippen molar-refractivity contribution in [3.8, 4) is 0 Å². The van der Waals surface area contributed by atoms with Crippen molar-refractivity contribution in [2.45, 2.75) is 59.9 Å². The van der Waals surface area contributed by atoms with Crippen LogP contribution in [0.1, 0.15) is 53.9 Å². The number of nitrogens with zero attached hydrogens (tertiary/aromatic N) is 1. The first-order valence-electron chi connectivity index (χ1n) is 7.70. The molecule has 4 heteroatoms. The Balaban J connectivity index is 2.88. The van der Waals surface area contributed by atoms with E-state index in [2.05, 4.69) is 5.32 Å². The van der Waals surface area contributed by atoms with Gasteiger partial charge in [0.2, 0.25) is 5.91 Å². The minimum Gasteiger partial charge on any atom is -0.377 e. The van der Waals surface area contributed by atoms with Crippen LogP contribution in [0.5, 0.6) is 0 Å². The summed E-state index contributed by atoms with van der Waals surface area (Å²) in [5.74, 6) is 0.540. The molecule has 0 aromatic heterocycles. The first-order chi connectivity index (χ1) is 9.42. The van der Waals surface area contributed by atoms with Crippen molar-refractivity contribution in [3.63, 3.8) is 0 Å². The van der Waals surface area contributed by atoms with Crippen LogP contribution in [0, 0.1) is 5.92 Å². The van der Waals surface area contributed by atoms with Gasteiger partial charge in [0.1, 0.15) is 6.04 Å². The number of hydrogen-bond acceptors (Lipinski definition) is 3. The molecule has 1 saturated carbocycles. The van der Waals surface area contributed by atoms with E-state index in [0.29, 0.717) is 6.42 Å². The molecule has 1 rings (SSSR count). The largest absolute Gasteiger partial charge is 0.377 e. The summed E-state index contributed by atoms with van der Waals surface area (Å²) >= 11 is 0. The number of Topliss-reactive ketones (excluding diaryl/α,β-unsaturated/α-hetero) is 1. The molecule has 0 spiro atoms. The predicted molar refractivity (Wildman–Crippen MR) is 81.2 cm³/mol. The highest BCUT2D eigenvalue weighted by Crippen LogP contribution is 2.23. The van der Waals surface area contributed by atoms with Gasteiger partial charge < -0.3 is 10.2 Å². The van der Waals surface area contributed by atoms with Crippen LogP contribution < -0.4 is 5.32 Å². The van der Waals surface area contributed by atoms with E-state index in [9.17, 15) is 9.59 Å². The lowest BCUT2D eigenvalue weighted by Crippen LogP contribution is -2.48. The van der Waals surface area contributed by atoms with Crippen LogP contribution in [0.2, 0.25) is 0 Å². The zero-order valence-corrected chi connectivity index (χ0v) is 13.5. The Hall–Kier alpha value is -1.32. The van der Waals surface area contributed by atoms with Crippen molar-refractivity contribution < 1.29 is 9.59 Å². The second kappa shape index (κ2) is 7.46. The Bertz CT molecular complexity index is 395. The maximum Gasteiger partial charge on any atom is 0.245 e. The van der Waals surface area contributed by atoms with Gasteiger partial charge in [-0.05, 0) is 39.5 Å². The van der Waals surface area contributed by atoms with E-state index in [1.165, 1.54) is 0 Å². The fourth-order valence-corrected chi connectivity index (χ4v) is 2.68. The molecule has 1 amide bonds. The molecule has 0 radical (unpaired) electrons. The van der Waals surface area contributed by atoms with E-state index in [-0.39, 0.29) is 23.7 Å². The number of carbonyl (C=O) groups excluding carboxylic acids is 2. The molecule has 0 aromatic rings. The number of likely N-dealkylation sites (N-methyl/N-ethyl adjacent to an activating group) is 1. The van der Waals surface area contributed by atoms with E-state index >= 15 is 0 Å². The second-order valence-corrected chi connectivity index (χ2v) is 5.76. The van der Waals surface area contributed by atoms with Crippen LogP contribution in [0.15, 0.2) is 11.3 Å². The first kappa shape index (κ1) is 16.7. The van der Waals surface area contributed by atoms with E-state index in [1.54, 1.807) is 0 Å². The molecule has 4 nitrogen and oxygen atoms in total. The van der Waals surface area contributed by atoms with Crippen LogP contribution in [-0.4, -0.2) is 35.7 Å². The Morgan fingerprint density at radius 3 is 2.25 bits per heavy atom. The van der Waals surface area contributed by atoms with Gasteiger partial charge in [-0.2, -0.15) is 0 Å². The Morgan fingerprint density at radius 1 is 1.25 bits per heavy atom. The molecule has 20 heavy (non-hydrogen) atoms. The molecule has 0 bridgehead atoms. The Kier molecular flexibility index (Phi) is 6.24. The van der Waals surface area contributed by atoms with Gasteiger partial charge in [0.25, 0.3) is 0 Å². The summed E-state index contributed by atoms with van der Waals surface area (Å²) in [5, 5.41) is 3.31. The van der Waals surface area contributed by atoms with E-state index < -0.39 is 0 Å². The molecule has 0 aliphatic heterocycles. The molecule has 0 saturated heterocycles. The number of ketones is 1. The molecular weight excluding hydrogens is 252 g/mol. The van der Waals surface area contributed by atoms with Gasteiger partial charge in [0.05, 0.1) is 0 Å². The van der Waals surface area contributed by atoms with Crippen LogP contribution in [0.25, 0.3) is 0 Å². The van der Waals surface area contributed by atoms with Crippen molar-refractivity contribution >= 4 is 11.7 Å². The van der Waals surface area contributed by atoms with Crippen molar-refractivity contribution in [1.82, 2.24) is 10.2 Å². The Morgan fingerprint density at radius 2 is 1.85 bits per heavy atom. The summed E-state index contributed by atoms with van der Waals surface area (Å²) in [7, 11) is 0. The number of rotatable bonds is 6. The minimum absolute atomic E-state index is 0.121. The van der Waals surface area contributed by atoms with Crippen LogP contribution in [0.3, 0.4) is 0 Å². The number of allylic oxidation sites excluding steroid dienone is 2. The molecule has 0 unspecified atom stereocenters. The van der Waals surface area contributed by atoms with E-state index in [0.717, 1.165) is 37.2 Å². The third-order valence-electron chi connectivity index (χ3n) is 4.00. The van der Waals surface area contributed by atoms with Gasteiger partial charge in [-0.3, -0.25) is 9.59 Å². The van der Waals surface area contributed by atoms with Crippen LogP contribution >= 0.6 is 0 Å². The lowest BCUT2D eigenvalue weighted by Gasteiger charge is -2.29. The Labute approximate surface area is 122 Å². The lowest BCUT2D eigenvalue weighted by atomic mass is 10.0. The fourth-order valence-electron chi connectivity index (χ4n) is 2.68. The zero-order chi connectivity index (χ0) is 15.3. The normalized spacial score (nSPS) is 19.2. The van der Waals surface area contributed by atoms with Gasteiger partial charge in [0.15, 0.2) is 5.78 Å². The highest BCUT2D eigenvalue weighted by Gasteiger charge is 2.27. The molecule has 114 valence electrons. The fraction of sp³-hybridized carbons (Fsp3) is 0.750. The summed E-state index contributed by atoms with van der Waals surface area (Å²) < 4.78 is 0. The van der Waals surface area contributed by atoms with Gasteiger partial charge in [0, 0.05) is 30.8 Å². The molecule has 0 heterocycles. The average molecular weight is 280 g/mol. The number of carbonyl (C=O) groups is 2. The van der Waals surface area contributed by atoms with Crippen LogP contribution in [-0.2, 0) is 9.59 Å². The average Bonchev–Trinajstić information content (AvgIpc) is 2.82. The maximum atomic E-state index is 12.5. The first-order valence-corrected chi connectivity index (χ1v) is 7.70. The van der Waals surface area contributed by atoms with Crippen molar-refractivity contribution in [2.24, 2.45) is 5.92 Å². The van der Waals surface area contributed by atoms with Gasteiger partial charge in [-0.25, -0.2) is 0 Å². The topological polar surface area (TPSA) is 49.4 Å². The third-order valence-corrected chi connectivity index (χ3v) is 4.00. The van der Waals surface area contributed by atoms with Gasteiger partial charge in [-0.1, -0.05) is 13.8 Å². The second-order valence-electron chi connectivity index (χ2n) is 5.76. The SMILES string of the molecule is CCN(CC)C(=O)[C@@H](N/C(C)=C1/CCCC1=O)C(C)C. The van der Waals surface area contributed by atoms with E-state index in [1.807, 2.05) is 39.5 Å². The van der Waals surface area contributed by atoms with Crippen molar-refractivity contribution in [3.05, 3.63) is 11.3 Å². The maximum absolute atomic E-state index is 12.5. The summed E-state index contributed by atoms with van der Waals surface area (Å²) in [5.41, 5.74) is 1.76. The zero-order valence-electron chi connectivity index (χ0n) is 13.5. The number of amides is 1. The van der Waals surface area contributed by atoms with E-state index in [4.69, 9.17) is 0 Å². The van der Waals surface area contributed by atoms with Gasteiger partial charge in [-0.15, -0.1) is 0 Å². The highest BCUT2D eigenvalue weighted by molar-refractivity contribution is 5.98. The molecule has 0 aromatic carbocycles.